The third-order valence-corrected chi connectivity index (χ3v) is 6.32. The summed E-state index contributed by atoms with van der Waals surface area (Å²) in [7, 11) is 1.40. The van der Waals surface area contributed by atoms with Crippen LogP contribution in [0.15, 0.2) is 36.5 Å². The molecule has 2 aromatic carbocycles. The molecule has 1 saturated heterocycles. The van der Waals surface area contributed by atoms with Crippen LogP contribution in [0.25, 0.3) is 27.5 Å². The summed E-state index contributed by atoms with van der Waals surface area (Å²) in [6.45, 7) is 1.11. The van der Waals surface area contributed by atoms with E-state index in [4.69, 9.17) is 9.47 Å². The quantitative estimate of drug-likeness (QED) is 0.447. The number of carboxylic acid groups (broad SMARTS) is 1. The number of nitrogens with one attached hydrogen (secondary N) is 1. The lowest BCUT2D eigenvalue weighted by atomic mass is 9.90. The summed E-state index contributed by atoms with van der Waals surface area (Å²) in [5, 5.41) is 17.9. The molecule has 9 heteroatoms. The van der Waals surface area contributed by atoms with Gasteiger partial charge < -0.3 is 19.1 Å². The van der Waals surface area contributed by atoms with Crippen molar-refractivity contribution in [2.75, 3.05) is 20.3 Å². The molecule has 1 aliphatic heterocycles. The zero-order valence-corrected chi connectivity index (χ0v) is 18.0. The molecule has 0 radical (unpaired) electrons. The van der Waals surface area contributed by atoms with E-state index in [0.717, 1.165) is 27.5 Å². The molecule has 7 nitrogen and oxygen atoms in total. The van der Waals surface area contributed by atoms with E-state index in [1.807, 2.05) is 16.7 Å². The number of H-pyrrole nitrogens is 1. The Morgan fingerprint density at radius 2 is 2.12 bits per heavy atom. The van der Waals surface area contributed by atoms with Crippen molar-refractivity contribution in [3.05, 3.63) is 53.6 Å². The third kappa shape index (κ3) is 3.72. The first-order chi connectivity index (χ1) is 16.0. The van der Waals surface area contributed by atoms with Crippen molar-refractivity contribution < 1.29 is 28.2 Å². The topological polar surface area (TPSA) is 89.4 Å². The molecule has 1 aliphatic rings. The summed E-state index contributed by atoms with van der Waals surface area (Å²) in [5.74, 6) is -1.88. The Morgan fingerprint density at radius 1 is 1.33 bits per heavy atom. The van der Waals surface area contributed by atoms with E-state index in [2.05, 4.69) is 10.2 Å². The SMILES string of the molecule is COc1cc(-n2c(C3CCOCC3)c(C[C@@H](F)C(=O)O)c3cc4[nH]ncc4cc32)ccc1F. The van der Waals surface area contributed by atoms with Gasteiger partial charge >= 0.3 is 5.97 Å². The number of methoxy groups -OCH3 is 1. The molecule has 33 heavy (non-hydrogen) atoms. The van der Waals surface area contributed by atoms with E-state index in [-0.39, 0.29) is 18.1 Å². The number of hydrogen-bond acceptors (Lipinski definition) is 4. The van der Waals surface area contributed by atoms with Crippen molar-refractivity contribution >= 4 is 27.8 Å². The molecule has 0 amide bonds. The zero-order chi connectivity index (χ0) is 23.1. The van der Waals surface area contributed by atoms with Gasteiger partial charge in [0.05, 0.1) is 24.3 Å². The molecule has 0 unspecified atom stereocenters. The van der Waals surface area contributed by atoms with Crippen LogP contribution in [-0.2, 0) is 16.0 Å². The molecule has 2 N–H and O–H groups in total. The van der Waals surface area contributed by atoms with Crippen molar-refractivity contribution in [3.63, 3.8) is 0 Å². The molecule has 5 rings (SSSR count). The summed E-state index contributed by atoms with van der Waals surface area (Å²) in [6.07, 6.45) is 0.794. The van der Waals surface area contributed by atoms with Crippen molar-refractivity contribution in [3.8, 4) is 11.4 Å². The Hall–Kier alpha value is -3.46. The second-order valence-electron chi connectivity index (χ2n) is 8.24. The number of halogens is 2. The van der Waals surface area contributed by atoms with Crippen molar-refractivity contribution in [2.24, 2.45) is 0 Å². The molecular formula is C24H23F2N3O4. The van der Waals surface area contributed by atoms with E-state index >= 15 is 0 Å². The number of aromatic amines is 1. The van der Waals surface area contributed by atoms with Crippen molar-refractivity contribution in [1.29, 1.82) is 0 Å². The number of benzene rings is 2. The number of aromatic nitrogens is 3. The first-order valence-corrected chi connectivity index (χ1v) is 10.8. The number of alkyl halides is 1. The lowest BCUT2D eigenvalue weighted by Gasteiger charge is -2.26. The number of aliphatic carboxylic acids is 1. The second-order valence-corrected chi connectivity index (χ2v) is 8.24. The summed E-state index contributed by atoms with van der Waals surface area (Å²) in [4.78, 5) is 11.4. The number of rotatable bonds is 6. The first-order valence-electron chi connectivity index (χ1n) is 10.8. The maximum atomic E-state index is 14.6. The fraction of sp³-hybridized carbons (Fsp3) is 0.333. The van der Waals surface area contributed by atoms with Gasteiger partial charge in [0.15, 0.2) is 11.6 Å². The van der Waals surface area contributed by atoms with Crippen LogP contribution in [-0.4, -0.2) is 52.3 Å². The normalized spacial score (nSPS) is 15.8. The lowest BCUT2D eigenvalue weighted by Crippen LogP contribution is -2.21. The molecule has 172 valence electrons. The number of ether oxygens (including phenoxy) is 2. The molecule has 0 spiro atoms. The van der Waals surface area contributed by atoms with E-state index < -0.39 is 18.0 Å². The summed E-state index contributed by atoms with van der Waals surface area (Å²) < 4.78 is 41.5. The van der Waals surface area contributed by atoms with Gasteiger partial charge in [0.25, 0.3) is 0 Å². The first kappa shape index (κ1) is 21.4. The Kier molecular flexibility index (Phi) is 5.49. The Bertz CT molecular complexity index is 1340. The highest BCUT2D eigenvalue weighted by atomic mass is 19.1. The van der Waals surface area contributed by atoms with E-state index in [1.54, 1.807) is 18.3 Å². The van der Waals surface area contributed by atoms with Gasteiger partial charge in [0.2, 0.25) is 6.17 Å². The van der Waals surface area contributed by atoms with Gasteiger partial charge in [-0.15, -0.1) is 0 Å². The van der Waals surface area contributed by atoms with Gasteiger partial charge in [-0.3, -0.25) is 5.10 Å². The number of nitrogens with zero attached hydrogens (tertiary/aromatic N) is 2. The minimum Gasteiger partial charge on any atom is -0.494 e. The van der Waals surface area contributed by atoms with Gasteiger partial charge in [0, 0.05) is 53.8 Å². The largest absolute Gasteiger partial charge is 0.494 e. The monoisotopic (exact) mass is 455 g/mol. The van der Waals surface area contributed by atoms with Crippen LogP contribution in [0, 0.1) is 5.82 Å². The van der Waals surface area contributed by atoms with E-state index in [9.17, 15) is 18.7 Å². The molecule has 4 aromatic rings. The lowest BCUT2D eigenvalue weighted by molar-refractivity contribution is -0.142. The molecule has 0 saturated carbocycles. The standard InChI is InChI=1S/C24H23F2N3O4/c1-32-22-9-15(2-3-18(22)25)29-21-8-14-12-27-28-20(14)11-16(21)17(10-19(26)24(30)31)23(29)13-4-6-33-7-5-13/h2-3,8-9,11-13,19H,4-7,10H2,1H3,(H,27,28)(H,30,31)/t19-/m1/s1. The van der Waals surface area contributed by atoms with Crippen LogP contribution >= 0.6 is 0 Å². The van der Waals surface area contributed by atoms with Crippen LogP contribution in [0.1, 0.15) is 30.0 Å². The minimum absolute atomic E-state index is 0.0228. The minimum atomic E-state index is -2.05. The van der Waals surface area contributed by atoms with Crippen molar-refractivity contribution in [2.45, 2.75) is 31.4 Å². The van der Waals surface area contributed by atoms with Crippen LogP contribution in [0.3, 0.4) is 0 Å². The van der Waals surface area contributed by atoms with Crippen LogP contribution < -0.4 is 4.74 Å². The molecule has 0 bridgehead atoms. The van der Waals surface area contributed by atoms with Crippen LogP contribution in [0.2, 0.25) is 0 Å². The smallest absolute Gasteiger partial charge is 0.338 e. The molecule has 1 atom stereocenters. The molecule has 1 fully saturated rings. The van der Waals surface area contributed by atoms with Crippen LogP contribution in [0.4, 0.5) is 8.78 Å². The average Bonchev–Trinajstić information content (AvgIpc) is 3.40. The highest BCUT2D eigenvalue weighted by Crippen LogP contribution is 2.41. The summed E-state index contributed by atoms with van der Waals surface area (Å²) in [5.41, 5.74) is 3.64. The Labute approximate surface area is 187 Å². The number of carbonyl (C=O) groups is 1. The zero-order valence-electron chi connectivity index (χ0n) is 18.0. The van der Waals surface area contributed by atoms with Gasteiger partial charge in [-0.2, -0.15) is 5.10 Å². The van der Waals surface area contributed by atoms with Crippen molar-refractivity contribution in [1.82, 2.24) is 14.8 Å². The number of carboxylic acids is 1. The molecular weight excluding hydrogens is 432 g/mol. The Balaban J connectivity index is 1.85. The predicted molar refractivity (Wildman–Crippen MR) is 118 cm³/mol. The Morgan fingerprint density at radius 3 is 2.85 bits per heavy atom. The third-order valence-electron chi connectivity index (χ3n) is 6.32. The summed E-state index contributed by atoms with van der Waals surface area (Å²) >= 11 is 0. The van der Waals surface area contributed by atoms with Gasteiger partial charge in [-0.1, -0.05) is 0 Å². The highest BCUT2D eigenvalue weighted by molar-refractivity contribution is 5.99. The molecule has 3 heterocycles. The van der Waals surface area contributed by atoms with Gasteiger partial charge in [-0.25, -0.2) is 13.6 Å². The predicted octanol–water partition coefficient (Wildman–Crippen LogP) is 4.51. The fourth-order valence-corrected chi connectivity index (χ4v) is 4.76. The molecule has 0 aliphatic carbocycles. The fourth-order valence-electron chi connectivity index (χ4n) is 4.76. The van der Waals surface area contributed by atoms with Gasteiger partial charge in [-0.05, 0) is 42.7 Å². The average molecular weight is 455 g/mol. The number of fused-ring (bicyclic) bond motifs is 2. The number of hydrogen-bond donors (Lipinski definition) is 2. The summed E-state index contributed by atoms with van der Waals surface area (Å²) in [6, 6.07) is 8.39. The molecule has 2 aromatic heterocycles. The maximum absolute atomic E-state index is 14.6. The highest BCUT2D eigenvalue weighted by Gasteiger charge is 2.30. The van der Waals surface area contributed by atoms with Gasteiger partial charge in [0.1, 0.15) is 0 Å². The second kappa shape index (κ2) is 8.47. The van der Waals surface area contributed by atoms with Crippen LogP contribution in [0.5, 0.6) is 5.75 Å². The van der Waals surface area contributed by atoms with E-state index in [1.165, 1.54) is 13.2 Å². The maximum Gasteiger partial charge on any atom is 0.338 e. The van der Waals surface area contributed by atoms with E-state index in [0.29, 0.717) is 37.3 Å².